The summed E-state index contributed by atoms with van der Waals surface area (Å²) in [4.78, 5) is 30.2. The topological polar surface area (TPSA) is 40.6 Å². The van der Waals surface area contributed by atoms with Crippen molar-refractivity contribution in [3.05, 3.63) is 64.4 Å². The molecule has 1 aliphatic rings. The molecule has 0 unspecified atom stereocenters. The Hall–Kier alpha value is -2.40. The van der Waals surface area contributed by atoms with Crippen molar-refractivity contribution in [2.75, 3.05) is 19.6 Å². The van der Waals surface area contributed by atoms with E-state index >= 15 is 0 Å². The van der Waals surface area contributed by atoms with Gasteiger partial charge >= 0.3 is 0 Å². The first-order chi connectivity index (χ1) is 13.2. The second-order valence-electron chi connectivity index (χ2n) is 6.78. The minimum absolute atomic E-state index is 0.0204. The third kappa shape index (κ3) is 5.30. The maximum Gasteiger partial charge on any atom is 0.246 e. The molecule has 3 rings (SSSR count). The lowest BCUT2D eigenvalue weighted by Crippen LogP contribution is -2.43. The summed E-state index contributed by atoms with van der Waals surface area (Å²) in [5.74, 6) is 0.264. The summed E-state index contributed by atoms with van der Waals surface area (Å²) < 4.78 is 0. The normalized spacial score (nSPS) is 15.2. The molecule has 142 valence electrons. The van der Waals surface area contributed by atoms with E-state index in [2.05, 4.69) is 6.07 Å². The number of piperidine rings is 1. The number of carbonyl (C=O) groups is 2. The van der Waals surface area contributed by atoms with Gasteiger partial charge in [-0.05, 0) is 42.9 Å². The first-order valence-electron chi connectivity index (χ1n) is 9.50. The first kappa shape index (κ1) is 19.4. The van der Waals surface area contributed by atoms with Crippen molar-refractivity contribution in [3.8, 4) is 0 Å². The van der Waals surface area contributed by atoms with Crippen LogP contribution < -0.4 is 0 Å². The Bertz CT molecular complexity index is 763. The van der Waals surface area contributed by atoms with Crippen LogP contribution in [0.2, 0.25) is 0 Å². The van der Waals surface area contributed by atoms with Gasteiger partial charge in [0.2, 0.25) is 11.8 Å². The summed E-state index contributed by atoms with van der Waals surface area (Å²) in [7, 11) is 0. The molecule has 0 spiro atoms. The average Bonchev–Trinajstić information content (AvgIpc) is 3.24. The van der Waals surface area contributed by atoms with Crippen molar-refractivity contribution >= 4 is 29.2 Å². The molecule has 0 bridgehead atoms. The van der Waals surface area contributed by atoms with Crippen LogP contribution in [0.25, 0.3) is 6.08 Å². The number of hydrogen-bond acceptors (Lipinski definition) is 3. The Morgan fingerprint density at radius 1 is 1.15 bits per heavy atom. The van der Waals surface area contributed by atoms with Crippen LogP contribution in [-0.4, -0.2) is 41.2 Å². The Kier molecular flexibility index (Phi) is 6.82. The van der Waals surface area contributed by atoms with Crippen LogP contribution in [0.3, 0.4) is 0 Å². The Labute approximate surface area is 165 Å². The second-order valence-corrected chi connectivity index (χ2v) is 7.81. The zero-order valence-electron chi connectivity index (χ0n) is 15.7. The minimum Gasteiger partial charge on any atom is -0.339 e. The van der Waals surface area contributed by atoms with E-state index in [0.29, 0.717) is 19.6 Å². The number of likely N-dealkylation sites (tertiary alicyclic amines) is 1. The fourth-order valence-corrected chi connectivity index (χ4v) is 4.10. The van der Waals surface area contributed by atoms with E-state index in [-0.39, 0.29) is 17.7 Å². The SMILES string of the molecule is CCN(Cc1cccs1)C(=O)C1CCN(C(=O)/C=C/c2ccccc2)CC1. The van der Waals surface area contributed by atoms with Gasteiger partial charge < -0.3 is 9.80 Å². The zero-order valence-corrected chi connectivity index (χ0v) is 16.5. The highest BCUT2D eigenvalue weighted by molar-refractivity contribution is 7.09. The monoisotopic (exact) mass is 382 g/mol. The van der Waals surface area contributed by atoms with Crippen molar-refractivity contribution in [3.63, 3.8) is 0 Å². The van der Waals surface area contributed by atoms with Crippen molar-refractivity contribution in [1.29, 1.82) is 0 Å². The number of amides is 2. The van der Waals surface area contributed by atoms with Gasteiger partial charge in [-0.3, -0.25) is 9.59 Å². The van der Waals surface area contributed by atoms with Crippen LogP contribution in [-0.2, 0) is 16.1 Å². The molecule has 2 amide bonds. The zero-order chi connectivity index (χ0) is 19.1. The Morgan fingerprint density at radius 3 is 2.52 bits per heavy atom. The van der Waals surface area contributed by atoms with E-state index in [0.717, 1.165) is 24.9 Å². The van der Waals surface area contributed by atoms with Crippen LogP contribution in [0.5, 0.6) is 0 Å². The molecule has 1 fully saturated rings. The molecule has 2 heterocycles. The molecule has 0 N–H and O–H groups in total. The van der Waals surface area contributed by atoms with Gasteiger partial charge in [-0.1, -0.05) is 36.4 Å². The fraction of sp³-hybridized carbons (Fsp3) is 0.364. The van der Waals surface area contributed by atoms with Crippen molar-refractivity contribution in [1.82, 2.24) is 9.80 Å². The van der Waals surface area contributed by atoms with Crippen molar-refractivity contribution < 1.29 is 9.59 Å². The van der Waals surface area contributed by atoms with Crippen LogP contribution >= 0.6 is 11.3 Å². The largest absolute Gasteiger partial charge is 0.339 e. The van der Waals surface area contributed by atoms with E-state index < -0.39 is 0 Å². The third-order valence-electron chi connectivity index (χ3n) is 4.99. The summed E-state index contributed by atoms with van der Waals surface area (Å²) in [6, 6.07) is 13.9. The van der Waals surface area contributed by atoms with E-state index in [9.17, 15) is 9.59 Å². The number of carbonyl (C=O) groups excluding carboxylic acids is 2. The van der Waals surface area contributed by atoms with Gasteiger partial charge in [-0.2, -0.15) is 0 Å². The summed E-state index contributed by atoms with van der Waals surface area (Å²) in [5.41, 5.74) is 1.02. The van der Waals surface area contributed by atoms with E-state index in [1.54, 1.807) is 17.4 Å². The molecule has 2 aromatic rings. The van der Waals surface area contributed by atoms with Gasteiger partial charge in [0.1, 0.15) is 0 Å². The highest BCUT2D eigenvalue weighted by Crippen LogP contribution is 2.22. The second kappa shape index (κ2) is 9.51. The lowest BCUT2D eigenvalue weighted by molar-refractivity contribution is -0.139. The van der Waals surface area contributed by atoms with E-state index in [1.807, 2.05) is 64.6 Å². The molecular weight excluding hydrogens is 356 g/mol. The molecule has 1 saturated heterocycles. The predicted octanol–water partition coefficient (Wildman–Crippen LogP) is 4.05. The summed E-state index contributed by atoms with van der Waals surface area (Å²) >= 11 is 1.68. The minimum atomic E-state index is 0.0204. The Morgan fingerprint density at radius 2 is 1.89 bits per heavy atom. The molecule has 4 nitrogen and oxygen atoms in total. The quantitative estimate of drug-likeness (QED) is 0.707. The van der Waals surface area contributed by atoms with Crippen LogP contribution in [0, 0.1) is 5.92 Å². The standard InChI is InChI=1S/C22H26N2O2S/c1-2-23(17-20-9-6-16-27-20)22(26)19-12-14-24(15-13-19)21(25)11-10-18-7-4-3-5-8-18/h3-11,16,19H,2,12-15,17H2,1H3/b11-10+. The smallest absolute Gasteiger partial charge is 0.246 e. The van der Waals surface area contributed by atoms with E-state index in [4.69, 9.17) is 0 Å². The van der Waals surface area contributed by atoms with Crippen molar-refractivity contribution in [2.24, 2.45) is 5.92 Å². The highest BCUT2D eigenvalue weighted by atomic mass is 32.1. The summed E-state index contributed by atoms with van der Waals surface area (Å²) in [5, 5.41) is 2.04. The first-order valence-corrected chi connectivity index (χ1v) is 10.4. The number of thiophene rings is 1. The van der Waals surface area contributed by atoms with Crippen LogP contribution in [0.15, 0.2) is 53.9 Å². The van der Waals surface area contributed by atoms with Gasteiger partial charge in [0.05, 0.1) is 6.54 Å². The van der Waals surface area contributed by atoms with Crippen LogP contribution in [0.1, 0.15) is 30.2 Å². The number of rotatable bonds is 6. The average molecular weight is 383 g/mol. The predicted molar refractivity (Wildman–Crippen MR) is 110 cm³/mol. The molecule has 1 aromatic carbocycles. The lowest BCUT2D eigenvalue weighted by atomic mass is 9.95. The van der Waals surface area contributed by atoms with E-state index in [1.165, 1.54) is 4.88 Å². The Balaban J connectivity index is 1.51. The number of hydrogen-bond donors (Lipinski definition) is 0. The van der Waals surface area contributed by atoms with Gasteiger partial charge in [-0.15, -0.1) is 11.3 Å². The molecule has 0 aliphatic carbocycles. The maximum absolute atomic E-state index is 12.9. The molecule has 1 aliphatic heterocycles. The third-order valence-corrected chi connectivity index (χ3v) is 5.86. The molecule has 5 heteroatoms. The molecule has 0 saturated carbocycles. The summed E-state index contributed by atoms with van der Waals surface area (Å²) in [6.07, 6.45) is 4.96. The maximum atomic E-state index is 12.9. The number of benzene rings is 1. The molecule has 0 radical (unpaired) electrons. The molecule has 27 heavy (non-hydrogen) atoms. The molecule has 1 aromatic heterocycles. The van der Waals surface area contributed by atoms with Crippen LogP contribution in [0.4, 0.5) is 0 Å². The number of nitrogens with zero attached hydrogens (tertiary/aromatic N) is 2. The highest BCUT2D eigenvalue weighted by Gasteiger charge is 2.29. The molecule has 0 atom stereocenters. The van der Waals surface area contributed by atoms with Gasteiger partial charge in [0.25, 0.3) is 0 Å². The fourth-order valence-electron chi connectivity index (χ4n) is 3.38. The van der Waals surface area contributed by atoms with Gasteiger partial charge in [0.15, 0.2) is 0 Å². The lowest BCUT2D eigenvalue weighted by Gasteiger charge is -2.33. The molecular formula is C22H26N2O2S. The van der Waals surface area contributed by atoms with Gasteiger partial charge in [0, 0.05) is 36.5 Å². The van der Waals surface area contributed by atoms with Crippen molar-refractivity contribution in [2.45, 2.75) is 26.3 Å². The van der Waals surface area contributed by atoms with Gasteiger partial charge in [-0.25, -0.2) is 0 Å². The summed E-state index contributed by atoms with van der Waals surface area (Å²) in [6.45, 7) is 4.72.